The minimum absolute atomic E-state index is 0.247. The highest BCUT2D eigenvalue weighted by Gasteiger charge is 2.27. The number of nitrogens with zero attached hydrogens (tertiary/aromatic N) is 2. The number of rotatable bonds is 4. The van der Waals surface area contributed by atoms with Crippen molar-refractivity contribution in [2.45, 2.75) is 12.6 Å². The number of aromatic nitrogens is 2. The fourth-order valence-electron chi connectivity index (χ4n) is 2.40. The Morgan fingerprint density at radius 2 is 1.96 bits per heavy atom. The van der Waals surface area contributed by atoms with Crippen LogP contribution in [-0.2, 0) is 6.54 Å². The summed E-state index contributed by atoms with van der Waals surface area (Å²) in [7, 11) is 0. The number of hydrogen-bond acceptors (Lipinski definition) is 6. The molecule has 1 N–H and O–H groups in total. The van der Waals surface area contributed by atoms with Crippen molar-refractivity contribution in [3.05, 3.63) is 65.8 Å². The maximum atomic E-state index is 13.2. The predicted molar refractivity (Wildman–Crippen MR) is 83.3 cm³/mol. The van der Waals surface area contributed by atoms with E-state index in [1.807, 2.05) is 30.3 Å². The molecule has 1 aliphatic rings. The molecule has 0 aliphatic carbocycles. The highest BCUT2D eigenvalue weighted by Crippen LogP contribution is 2.35. The van der Waals surface area contributed by atoms with Gasteiger partial charge in [-0.1, -0.05) is 29.4 Å². The number of nitrogens with one attached hydrogen (secondary N) is 1. The monoisotopic (exact) mass is 327 g/mol. The van der Waals surface area contributed by atoms with Crippen LogP contribution in [0.3, 0.4) is 0 Å². The summed E-state index contributed by atoms with van der Waals surface area (Å²) in [4.78, 5) is 0. The molecule has 0 fully saturated rings. The van der Waals surface area contributed by atoms with Crippen LogP contribution in [-0.4, -0.2) is 16.8 Å². The van der Waals surface area contributed by atoms with Crippen LogP contribution < -0.4 is 14.8 Å². The summed E-state index contributed by atoms with van der Waals surface area (Å²) in [6.07, 6.45) is -0.461. The third kappa shape index (κ3) is 3.01. The van der Waals surface area contributed by atoms with Gasteiger partial charge in [-0.3, -0.25) is 0 Å². The summed E-state index contributed by atoms with van der Waals surface area (Å²) in [5, 5.41) is 10.9. The minimum atomic E-state index is -0.461. The normalized spacial score (nSPS) is 16.0. The maximum Gasteiger partial charge on any atom is 0.315 e. The van der Waals surface area contributed by atoms with E-state index in [0.717, 1.165) is 5.56 Å². The highest BCUT2D eigenvalue weighted by molar-refractivity contribution is 5.41. The predicted octanol–water partition coefficient (Wildman–Crippen LogP) is 3.33. The van der Waals surface area contributed by atoms with Crippen LogP contribution in [0.5, 0.6) is 11.5 Å². The van der Waals surface area contributed by atoms with E-state index in [9.17, 15) is 4.39 Å². The van der Waals surface area contributed by atoms with Crippen molar-refractivity contribution in [2.24, 2.45) is 0 Å². The first-order valence-corrected chi connectivity index (χ1v) is 7.48. The summed E-state index contributed by atoms with van der Waals surface area (Å²) in [5.74, 6) is 1.37. The van der Waals surface area contributed by atoms with E-state index in [4.69, 9.17) is 13.9 Å². The number of ether oxygens (including phenoxy) is 2. The van der Waals surface area contributed by atoms with Crippen molar-refractivity contribution < 1.29 is 18.3 Å². The van der Waals surface area contributed by atoms with Crippen LogP contribution in [0, 0.1) is 5.82 Å². The van der Waals surface area contributed by atoms with E-state index >= 15 is 0 Å². The van der Waals surface area contributed by atoms with E-state index < -0.39 is 6.10 Å². The van der Waals surface area contributed by atoms with E-state index in [-0.39, 0.29) is 11.8 Å². The number of hydrogen-bond donors (Lipinski definition) is 1. The standard InChI is InChI=1S/C17H14FN3O3/c18-12-5-3-4-11(8-12)9-19-17-21-20-16(24-17)15-10-22-13-6-1-2-7-14(13)23-15/h1-8,15H,9-10H2,(H,19,21). The topological polar surface area (TPSA) is 69.4 Å². The smallest absolute Gasteiger partial charge is 0.315 e. The van der Waals surface area contributed by atoms with Gasteiger partial charge in [0.1, 0.15) is 12.4 Å². The van der Waals surface area contributed by atoms with Gasteiger partial charge in [0.25, 0.3) is 5.89 Å². The Hall–Kier alpha value is -3.09. The fraction of sp³-hybridized carbons (Fsp3) is 0.176. The zero-order chi connectivity index (χ0) is 16.4. The van der Waals surface area contributed by atoms with Crippen molar-refractivity contribution in [3.63, 3.8) is 0 Å². The van der Waals surface area contributed by atoms with Gasteiger partial charge in [0.05, 0.1) is 0 Å². The third-order valence-corrected chi connectivity index (χ3v) is 3.56. The van der Waals surface area contributed by atoms with Crippen LogP contribution in [0.1, 0.15) is 17.6 Å². The van der Waals surface area contributed by atoms with Crippen LogP contribution in [0.15, 0.2) is 52.9 Å². The maximum absolute atomic E-state index is 13.2. The van der Waals surface area contributed by atoms with Crippen molar-refractivity contribution in [3.8, 4) is 11.5 Å². The molecule has 0 radical (unpaired) electrons. The molecule has 0 saturated carbocycles. The lowest BCUT2D eigenvalue weighted by molar-refractivity contribution is 0.0717. The summed E-state index contributed by atoms with van der Waals surface area (Å²) < 4.78 is 30.1. The van der Waals surface area contributed by atoms with E-state index in [2.05, 4.69) is 15.5 Å². The van der Waals surface area contributed by atoms with Crippen molar-refractivity contribution >= 4 is 6.01 Å². The van der Waals surface area contributed by atoms with Gasteiger partial charge in [-0.15, -0.1) is 5.10 Å². The van der Waals surface area contributed by atoms with Gasteiger partial charge in [-0.2, -0.15) is 0 Å². The number of anilines is 1. The molecular weight excluding hydrogens is 313 g/mol. The van der Waals surface area contributed by atoms with Crippen LogP contribution >= 0.6 is 0 Å². The first kappa shape index (κ1) is 14.5. The quantitative estimate of drug-likeness (QED) is 0.792. The number of benzene rings is 2. The molecule has 7 heteroatoms. The number of para-hydroxylation sites is 2. The molecule has 122 valence electrons. The van der Waals surface area contributed by atoms with Gasteiger partial charge in [-0.05, 0) is 29.8 Å². The fourth-order valence-corrected chi connectivity index (χ4v) is 2.40. The first-order chi connectivity index (χ1) is 11.8. The molecular formula is C17H14FN3O3. The SMILES string of the molecule is Fc1cccc(CNc2nnc(C3COc4ccccc4O3)o2)c1. The molecule has 1 aromatic heterocycles. The van der Waals surface area contributed by atoms with Crippen LogP contribution in [0.2, 0.25) is 0 Å². The van der Waals surface area contributed by atoms with Crippen LogP contribution in [0.25, 0.3) is 0 Å². The second kappa shape index (κ2) is 6.19. The molecule has 1 atom stereocenters. The Balaban J connectivity index is 1.42. The lowest BCUT2D eigenvalue weighted by Crippen LogP contribution is -2.21. The molecule has 2 aromatic carbocycles. The third-order valence-electron chi connectivity index (χ3n) is 3.56. The summed E-state index contributed by atoms with van der Waals surface area (Å²) in [5.41, 5.74) is 0.779. The van der Waals surface area contributed by atoms with Crippen LogP contribution in [0.4, 0.5) is 10.4 Å². The van der Waals surface area contributed by atoms with Gasteiger partial charge in [0, 0.05) is 6.54 Å². The van der Waals surface area contributed by atoms with Crippen molar-refractivity contribution in [1.82, 2.24) is 10.2 Å². The van der Waals surface area contributed by atoms with Gasteiger partial charge < -0.3 is 19.2 Å². The summed E-state index contributed by atoms with van der Waals surface area (Å²) >= 11 is 0. The van der Waals surface area contributed by atoms with Gasteiger partial charge >= 0.3 is 6.01 Å². The largest absolute Gasteiger partial charge is 0.485 e. The second-order valence-corrected chi connectivity index (χ2v) is 5.29. The van der Waals surface area contributed by atoms with Crippen molar-refractivity contribution in [1.29, 1.82) is 0 Å². The molecule has 0 spiro atoms. The lowest BCUT2D eigenvalue weighted by Gasteiger charge is -2.23. The Bertz CT molecular complexity index is 852. The van der Waals surface area contributed by atoms with Gasteiger partial charge in [0.15, 0.2) is 11.5 Å². The first-order valence-electron chi connectivity index (χ1n) is 7.48. The second-order valence-electron chi connectivity index (χ2n) is 5.29. The molecule has 4 rings (SSSR count). The molecule has 1 aliphatic heterocycles. The van der Waals surface area contributed by atoms with E-state index in [1.165, 1.54) is 12.1 Å². The molecule has 2 heterocycles. The Labute approximate surface area is 137 Å². The molecule has 3 aromatic rings. The lowest BCUT2D eigenvalue weighted by atomic mass is 10.2. The minimum Gasteiger partial charge on any atom is -0.485 e. The molecule has 24 heavy (non-hydrogen) atoms. The Morgan fingerprint density at radius 3 is 2.83 bits per heavy atom. The molecule has 0 saturated heterocycles. The average Bonchev–Trinajstić information content (AvgIpc) is 3.09. The average molecular weight is 327 g/mol. The Kier molecular flexibility index (Phi) is 3.74. The van der Waals surface area contributed by atoms with Crippen molar-refractivity contribution in [2.75, 3.05) is 11.9 Å². The molecule has 6 nitrogen and oxygen atoms in total. The van der Waals surface area contributed by atoms with Gasteiger partial charge in [-0.25, -0.2) is 4.39 Å². The van der Waals surface area contributed by atoms with E-state index in [0.29, 0.717) is 30.5 Å². The Morgan fingerprint density at radius 1 is 1.08 bits per heavy atom. The zero-order valence-electron chi connectivity index (χ0n) is 12.6. The number of fused-ring (bicyclic) bond motifs is 1. The molecule has 1 unspecified atom stereocenters. The molecule has 0 bridgehead atoms. The summed E-state index contributed by atoms with van der Waals surface area (Å²) in [6, 6.07) is 13.9. The molecule has 0 amide bonds. The zero-order valence-corrected chi connectivity index (χ0v) is 12.6. The summed E-state index contributed by atoms with van der Waals surface area (Å²) in [6.45, 7) is 0.673. The van der Waals surface area contributed by atoms with E-state index in [1.54, 1.807) is 6.07 Å². The van der Waals surface area contributed by atoms with Gasteiger partial charge in [0.2, 0.25) is 6.10 Å². The highest BCUT2D eigenvalue weighted by atomic mass is 19.1. The number of halogens is 1.